The number of Topliss-reactive ketones (excluding diaryl/α,β-unsaturated/α-hetero) is 2. The molecule has 2 aromatic rings. The maximum Gasteiger partial charge on any atom is 0.170 e. The number of hydrogen-bond donors (Lipinski definition) is 0. The van der Waals surface area contributed by atoms with E-state index in [1.54, 1.807) is 24.3 Å². The lowest BCUT2D eigenvalue weighted by molar-refractivity contribution is -0.116. The average molecular weight is 268 g/mol. The number of hydrogen-bond acceptors (Lipinski definition) is 2. The summed E-state index contributed by atoms with van der Waals surface area (Å²) >= 11 is 0. The van der Waals surface area contributed by atoms with Crippen LogP contribution in [-0.2, 0) is 4.79 Å². The van der Waals surface area contributed by atoms with Crippen molar-refractivity contribution in [2.45, 2.75) is 27.2 Å². The number of benzene rings is 2. The molecule has 0 heterocycles. The quantitative estimate of drug-likeness (QED) is 0.619. The first-order valence-electron chi connectivity index (χ1n) is 6.60. The number of rotatable bonds is 3. The van der Waals surface area contributed by atoms with Gasteiger partial charge in [0.25, 0.3) is 0 Å². The van der Waals surface area contributed by atoms with Gasteiger partial charge in [0.2, 0.25) is 0 Å². The van der Waals surface area contributed by atoms with E-state index in [-0.39, 0.29) is 18.0 Å². The Morgan fingerprint density at radius 3 is 1.80 bits per heavy atom. The zero-order valence-electron chi connectivity index (χ0n) is 12.2. The van der Waals surface area contributed by atoms with E-state index >= 15 is 0 Å². The van der Waals surface area contributed by atoms with Gasteiger partial charge in [0.1, 0.15) is 5.78 Å². The van der Waals surface area contributed by atoms with Crippen LogP contribution in [-0.4, -0.2) is 11.6 Å². The Bertz CT molecular complexity index is 554. The van der Waals surface area contributed by atoms with Gasteiger partial charge in [-0.25, -0.2) is 0 Å². The van der Waals surface area contributed by atoms with Crippen molar-refractivity contribution in [1.82, 2.24) is 0 Å². The van der Waals surface area contributed by atoms with Crippen LogP contribution in [0.1, 0.15) is 34.8 Å². The summed E-state index contributed by atoms with van der Waals surface area (Å²) < 4.78 is 0. The molecule has 0 aliphatic carbocycles. The standard InChI is InChI=1S/C10H10O2.C8H10/c1-8(11)7-10(12)9-5-3-2-4-6-9;1-7-4-3-5-8(2)6-7/h2-6H,7H2,1H3;3-6H,1-2H3. The van der Waals surface area contributed by atoms with Crippen molar-refractivity contribution >= 4 is 11.6 Å². The van der Waals surface area contributed by atoms with Gasteiger partial charge in [-0.05, 0) is 20.8 Å². The molecule has 2 rings (SSSR count). The van der Waals surface area contributed by atoms with Crippen LogP contribution in [0, 0.1) is 13.8 Å². The average Bonchev–Trinajstić information content (AvgIpc) is 2.39. The summed E-state index contributed by atoms with van der Waals surface area (Å²) in [5, 5.41) is 0. The van der Waals surface area contributed by atoms with E-state index in [0.29, 0.717) is 5.56 Å². The molecule has 0 N–H and O–H groups in total. The fourth-order valence-corrected chi connectivity index (χ4v) is 1.76. The van der Waals surface area contributed by atoms with Gasteiger partial charge in [-0.15, -0.1) is 0 Å². The fraction of sp³-hybridized carbons (Fsp3) is 0.222. The monoisotopic (exact) mass is 268 g/mol. The molecule has 0 aliphatic heterocycles. The number of carbonyl (C=O) groups is 2. The van der Waals surface area contributed by atoms with Gasteiger partial charge >= 0.3 is 0 Å². The highest BCUT2D eigenvalue weighted by Crippen LogP contribution is 2.02. The molecule has 0 spiro atoms. The smallest absolute Gasteiger partial charge is 0.170 e. The molecule has 2 aromatic carbocycles. The van der Waals surface area contributed by atoms with Crippen molar-refractivity contribution in [2.75, 3.05) is 0 Å². The second-order valence-corrected chi connectivity index (χ2v) is 4.83. The highest BCUT2D eigenvalue weighted by molar-refractivity contribution is 6.07. The zero-order chi connectivity index (χ0) is 15.0. The molecule has 20 heavy (non-hydrogen) atoms. The fourth-order valence-electron chi connectivity index (χ4n) is 1.76. The van der Waals surface area contributed by atoms with Crippen LogP contribution in [0.25, 0.3) is 0 Å². The lowest BCUT2D eigenvalue weighted by Gasteiger charge is -1.95. The van der Waals surface area contributed by atoms with E-state index in [9.17, 15) is 9.59 Å². The van der Waals surface area contributed by atoms with Gasteiger partial charge in [0.15, 0.2) is 5.78 Å². The number of carbonyl (C=O) groups excluding carboxylic acids is 2. The zero-order valence-corrected chi connectivity index (χ0v) is 12.2. The molecule has 2 heteroatoms. The Labute approximate surface area is 120 Å². The lowest BCUT2D eigenvalue weighted by Crippen LogP contribution is -2.04. The van der Waals surface area contributed by atoms with Crippen LogP contribution in [0.4, 0.5) is 0 Å². The predicted molar refractivity (Wildman–Crippen MR) is 82.0 cm³/mol. The van der Waals surface area contributed by atoms with Gasteiger partial charge in [0.05, 0.1) is 6.42 Å². The third-order valence-corrected chi connectivity index (χ3v) is 2.68. The van der Waals surface area contributed by atoms with Gasteiger partial charge in [-0.2, -0.15) is 0 Å². The summed E-state index contributed by atoms with van der Waals surface area (Å²) in [6.45, 7) is 5.63. The Kier molecular flexibility index (Phi) is 6.38. The molecule has 0 saturated carbocycles. The maximum atomic E-state index is 11.2. The van der Waals surface area contributed by atoms with E-state index in [0.717, 1.165) is 0 Å². The molecule has 0 fully saturated rings. The molecular weight excluding hydrogens is 248 g/mol. The summed E-state index contributed by atoms with van der Waals surface area (Å²) in [5.74, 6) is -0.202. The topological polar surface area (TPSA) is 34.1 Å². The Balaban J connectivity index is 0.000000217. The molecule has 0 aromatic heterocycles. The maximum absolute atomic E-state index is 11.2. The highest BCUT2D eigenvalue weighted by atomic mass is 16.1. The minimum Gasteiger partial charge on any atom is -0.300 e. The van der Waals surface area contributed by atoms with E-state index < -0.39 is 0 Å². The van der Waals surface area contributed by atoms with Crippen LogP contribution in [0.2, 0.25) is 0 Å². The summed E-state index contributed by atoms with van der Waals surface area (Å²) in [6.07, 6.45) is 0.00398. The third kappa shape index (κ3) is 6.10. The first-order valence-corrected chi connectivity index (χ1v) is 6.60. The van der Waals surface area contributed by atoms with Gasteiger partial charge in [-0.1, -0.05) is 65.7 Å². The molecule has 0 aliphatic rings. The summed E-state index contributed by atoms with van der Waals surface area (Å²) in [6, 6.07) is 17.3. The Hall–Kier alpha value is -2.22. The SMILES string of the molecule is CC(=O)CC(=O)c1ccccc1.Cc1cccc(C)c1. The minimum atomic E-state index is -0.108. The second kappa shape index (κ2) is 8.05. The van der Waals surface area contributed by atoms with Crippen LogP contribution < -0.4 is 0 Å². The summed E-state index contributed by atoms with van der Waals surface area (Å²) in [5.41, 5.74) is 3.28. The van der Waals surface area contributed by atoms with Gasteiger partial charge in [0, 0.05) is 5.56 Å². The lowest BCUT2D eigenvalue weighted by atomic mass is 10.1. The van der Waals surface area contributed by atoms with Crippen LogP contribution >= 0.6 is 0 Å². The molecular formula is C18H20O2. The highest BCUT2D eigenvalue weighted by Gasteiger charge is 2.06. The Morgan fingerprint density at radius 2 is 1.40 bits per heavy atom. The first kappa shape index (κ1) is 15.8. The summed E-state index contributed by atoms with van der Waals surface area (Å²) in [7, 11) is 0. The van der Waals surface area contributed by atoms with Crippen molar-refractivity contribution in [3.8, 4) is 0 Å². The number of aryl methyl sites for hydroxylation is 2. The molecule has 0 atom stereocenters. The van der Waals surface area contributed by atoms with Crippen LogP contribution in [0.5, 0.6) is 0 Å². The minimum absolute atomic E-state index is 0.00398. The van der Waals surface area contributed by atoms with E-state index in [2.05, 4.69) is 38.1 Å². The third-order valence-electron chi connectivity index (χ3n) is 2.68. The van der Waals surface area contributed by atoms with Gasteiger partial charge in [-0.3, -0.25) is 9.59 Å². The number of ketones is 2. The molecule has 0 saturated heterocycles. The predicted octanol–water partition coefficient (Wildman–Crippen LogP) is 4.15. The van der Waals surface area contributed by atoms with Gasteiger partial charge < -0.3 is 0 Å². The molecule has 0 unspecified atom stereocenters. The Morgan fingerprint density at radius 1 is 0.850 bits per heavy atom. The molecule has 0 radical (unpaired) electrons. The van der Waals surface area contributed by atoms with Crippen molar-refractivity contribution in [1.29, 1.82) is 0 Å². The van der Waals surface area contributed by atoms with Crippen molar-refractivity contribution < 1.29 is 9.59 Å². The van der Waals surface area contributed by atoms with Crippen LogP contribution in [0.3, 0.4) is 0 Å². The van der Waals surface area contributed by atoms with Crippen LogP contribution in [0.15, 0.2) is 54.6 Å². The second-order valence-electron chi connectivity index (χ2n) is 4.83. The molecule has 104 valence electrons. The first-order chi connectivity index (χ1) is 9.49. The normalized spacial score (nSPS) is 9.35. The molecule has 2 nitrogen and oxygen atoms in total. The van der Waals surface area contributed by atoms with Crippen molar-refractivity contribution in [3.05, 3.63) is 71.3 Å². The molecule has 0 bridgehead atoms. The van der Waals surface area contributed by atoms with E-state index in [4.69, 9.17) is 0 Å². The molecule has 0 amide bonds. The van der Waals surface area contributed by atoms with Crippen molar-refractivity contribution in [3.63, 3.8) is 0 Å². The van der Waals surface area contributed by atoms with Crippen molar-refractivity contribution in [2.24, 2.45) is 0 Å². The van der Waals surface area contributed by atoms with E-state index in [1.807, 2.05) is 6.07 Å². The van der Waals surface area contributed by atoms with E-state index in [1.165, 1.54) is 18.1 Å². The summed E-state index contributed by atoms with van der Waals surface area (Å²) in [4.78, 5) is 21.8. The largest absolute Gasteiger partial charge is 0.300 e.